The predicted molar refractivity (Wildman–Crippen MR) is 69.3 cm³/mol. The number of hydrogen-bond donors (Lipinski definition) is 3. The number of rotatable bonds is 7. The van der Waals surface area contributed by atoms with Gasteiger partial charge in [-0.3, -0.25) is 14.9 Å². The fourth-order valence-electron chi connectivity index (χ4n) is 1.71. The summed E-state index contributed by atoms with van der Waals surface area (Å²) in [7, 11) is 0. The third-order valence-corrected chi connectivity index (χ3v) is 3.53. The molecular formula is C13H24N2O3. The lowest BCUT2D eigenvalue weighted by Gasteiger charge is -2.28. The van der Waals surface area contributed by atoms with Gasteiger partial charge in [0.25, 0.3) is 0 Å². The number of amides is 1. The molecule has 1 saturated carbocycles. The average molecular weight is 256 g/mol. The normalized spacial score (nSPS) is 19.1. The maximum absolute atomic E-state index is 12.0. The summed E-state index contributed by atoms with van der Waals surface area (Å²) in [4.78, 5) is 23.0. The first-order chi connectivity index (χ1) is 8.26. The van der Waals surface area contributed by atoms with Gasteiger partial charge in [-0.1, -0.05) is 6.92 Å². The molecule has 2 unspecified atom stereocenters. The van der Waals surface area contributed by atoms with Crippen LogP contribution in [0.15, 0.2) is 0 Å². The van der Waals surface area contributed by atoms with Crippen molar-refractivity contribution in [2.24, 2.45) is 5.92 Å². The molecule has 0 aromatic rings. The first-order valence-electron chi connectivity index (χ1n) is 6.57. The second kappa shape index (κ2) is 5.69. The molecule has 1 amide bonds. The lowest BCUT2D eigenvalue weighted by Crippen LogP contribution is -2.54. The zero-order valence-electron chi connectivity index (χ0n) is 11.6. The molecule has 0 heterocycles. The van der Waals surface area contributed by atoms with E-state index in [9.17, 15) is 9.59 Å². The van der Waals surface area contributed by atoms with E-state index in [1.165, 1.54) is 0 Å². The van der Waals surface area contributed by atoms with Gasteiger partial charge < -0.3 is 10.4 Å². The van der Waals surface area contributed by atoms with Crippen molar-refractivity contribution in [3.63, 3.8) is 0 Å². The molecule has 0 bridgehead atoms. The molecule has 104 valence electrons. The van der Waals surface area contributed by atoms with Crippen molar-refractivity contribution < 1.29 is 14.7 Å². The number of carboxylic acid groups (broad SMARTS) is 1. The van der Waals surface area contributed by atoms with E-state index >= 15 is 0 Å². The summed E-state index contributed by atoms with van der Waals surface area (Å²) in [5.74, 6) is -0.836. The van der Waals surface area contributed by atoms with Gasteiger partial charge in [-0.15, -0.1) is 0 Å². The maximum atomic E-state index is 12.0. The maximum Gasteiger partial charge on any atom is 0.321 e. The fraction of sp³-hybridized carbons (Fsp3) is 0.846. The topological polar surface area (TPSA) is 78.4 Å². The van der Waals surface area contributed by atoms with Gasteiger partial charge in [-0.2, -0.15) is 0 Å². The lowest BCUT2D eigenvalue weighted by molar-refractivity contribution is -0.140. The van der Waals surface area contributed by atoms with Crippen LogP contribution in [0.2, 0.25) is 0 Å². The van der Waals surface area contributed by atoms with E-state index < -0.39 is 18.1 Å². The third-order valence-electron chi connectivity index (χ3n) is 3.53. The molecule has 1 aliphatic carbocycles. The zero-order chi connectivity index (χ0) is 13.9. The van der Waals surface area contributed by atoms with Crippen LogP contribution in [-0.4, -0.2) is 34.6 Å². The van der Waals surface area contributed by atoms with Gasteiger partial charge in [-0.05, 0) is 46.0 Å². The minimum Gasteiger partial charge on any atom is -0.480 e. The molecule has 1 fully saturated rings. The van der Waals surface area contributed by atoms with E-state index in [1.54, 1.807) is 6.92 Å². The van der Waals surface area contributed by atoms with Crippen molar-refractivity contribution >= 4 is 11.9 Å². The number of hydrogen-bond acceptors (Lipinski definition) is 3. The second-order valence-electron chi connectivity index (χ2n) is 5.77. The average Bonchev–Trinajstić information content (AvgIpc) is 3.08. The van der Waals surface area contributed by atoms with Crippen molar-refractivity contribution in [2.75, 3.05) is 0 Å². The summed E-state index contributed by atoms with van der Waals surface area (Å²) < 4.78 is 0. The summed E-state index contributed by atoms with van der Waals surface area (Å²) in [5.41, 5.74) is -0.259. The van der Waals surface area contributed by atoms with Crippen LogP contribution in [0.4, 0.5) is 0 Å². The minimum atomic E-state index is -0.869. The molecule has 0 aromatic carbocycles. The highest BCUT2D eigenvalue weighted by Crippen LogP contribution is 2.32. The highest BCUT2D eigenvalue weighted by molar-refractivity contribution is 5.83. The summed E-state index contributed by atoms with van der Waals surface area (Å²) in [6.45, 7) is 7.61. The van der Waals surface area contributed by atoms with Gasteiger partial charge in [0.05, 0.1) is 6.04 Å². The number of nitrogens with one attached hydrogen (secondary N) is 2. The molecule has 1 rings (SSSR count). The second-order valence-corrected chi connectivity index (χ2v) is 5.77. The number of carbonyl (C=O) groups is 2. The minimum absolute atomic E-state index is 0.145. The largest absolute Gasteiger partial charge is 0.480 e. The Morgan fingerprint density at radius 2 is 1.94 bits per heavy atom. The predicted octanol–water partition coefficient (Wildman–Crippen LogP) is 1.13. The fourth-order valence-corrected chi connectivity index (χ4v) is 1.71. The molecule has 5 nitrogen and oxygen atoms in total. The standard InChI is InChI=1S/C13H24N2O3/c1-5-13(3,4)15-11(16)8(2)14-10(12(17)18)9-6-7-9/h8-10,14H,5-7H2,1-4H3,(H,15,16)(H,17,18). The van der Waals surface area contributed by atoms with Crippen molar-refractivity contribution in [1.29, 1.82) is 0 Å². The Morgan fingerprint density at radius 3 is 2.33 bits per heavy atom. The van der Waals surface area contributed by atoms with Gasteiger partial charge in [0, 0.05) is 5.54 Å². The lowest BCUT2D eigenvalue weighted by atomic mass is 10.0. The highest BCUT2D eigenvalue weighted by Gasteiger charge is 2.38. The molecule has 5 heteroatoms. The zero-order valence-corrected chi connectivity index (χ0v) is 11.6. The Labute approximate surface area is 108 Å². The number of aliphatic carboxylic acids is 1. The molecule has 0 aromatic heterocycles. The van der Waals surface area contributed by atoms with E-state index in [1.807, 2.05) is 20.8 Å². The number of carbonyl (C=O) groups excluding carboxylic acids is 1. The van der Waals surface area contributed by atoms with Crippen LogP contribution in [0, 0.1) is 5.92 Å². The number of carboxylic acids is 1. The van der Waals surface area contributed by atoms with Crippen molar-refractivity contribution in [1.82, 2.24) is 10.6 Å². The molecule has 18 heavy (non-hydrogen) atoms. The Kier molecular flexibility index (Phi) is 4.73. The van der Waals surface area contributed by atoms with Crippen molar-refractivity contribution in [2.45, 2.75) is 64.6 Å². The van der Waals surface area contributed by atoms with Crippen LogP contribution in [0.5, 0.6) is 0 Å². The van der Waals surface area contributed by atoms with Crippen molar-refractivity contribution in [3.05, 3.63) is 0 Å². The molecule has 0 aliphatic heterocycles. The van der Waals surface area contributed by atoms with E-state index in [2.05, 4.69) is 10.6 Å². The quantitative estimate of drug-likeness (QED) is 0.638. The molecule has 2 atom stereocenters. The smallest absolute Gasteiger partial charge is 0.321 e. The Balaban J connectivity index is 2.50. The SMILES string of the molecule is CCC(C)(C)NC(=O)C(C)NC(C(=O)O)C1CC1. The van der Waals surface area contributed by atoms with E-state index in [0.717, 1.165) is 19.3 Å². The highest BCUT2D eigenvalue weighted by atomic mass is 16.4. The van der Waals surface area contributed by atoms with E-state index in [-0.39, 0.29) is 17.4 Å². The summed E-state index contributed by atoms with van der Waals surface area (Å²) in [5, 5.41) is 14.9. The Morgan fingerprint density at radius 1 is 1.39 bits per heavy atom. The molecular weight excluding hydrogens is 232 g/mol. The third kappa shape index (κ3) is 4.29. The van der Waals surface area contributed by atoms with E-state index in [0.29, 0.717) is 0 Å². The molecule has 0 radical (unpaired) electrons. The first-order valence-corrected chi connectivity index (χ1v) is 6.57. The first kappa shape index (κ1) is 15.0. The molecule has 3 N–H and O–H groups in total. The van der Waals surface area contributed by atoms with Crippen LogP contribution in [0.3, 0.4) is 0 Å². The van der Waals surface area contributed by atoms with Crippen LogP contribution in [0.1, 0.15) is 47.0 Å². The van der Waals surface area contributed by atoms with Crippen molar-refractivity contribution in [3.8, 4) is 0 Å². The van der Waals surface area contributed by atoms with Crippen LogP contribution in [-0.2, 0) is 9.59 Å². The van der Waals surface area contributed by atoms with Gasteiger partial charge in [0.1, 0.15) is 6.04 Å². The molecule has 0 saturated heterocycles. The monoisotopic (exact) mass is 256 g/mol. The van der Waals surface area contributed by atoms with Gasteiger partial charge in [-0.25, -0.2) is 0 Å². The summed E-state index contributed by atoms with van der Waals surface area (Å²) in [6.07, 6.45) is 2.69. The molecule has 1 aliphatic rings. The van der Waals surface area contributed by atoms with Gasteiger partial charge in [0.2, 0.25) is 5.91 Å². The van der Waals surface area contributed by atoms with E-state index in [4.69, 9.17) is 5.11 Å². The summed E-state index contributed by atoms with van der Waals surface area (Å²) >= 11 is 0. The summed E-state index contributed by atoms with van der Waals surface area (Å²) in [6, 6.07) is -1.09. The van der Waals surface area contributed by atoms with Crippen LogP contribution < -0.4 is 10.6 Å². The van der Waals surface area contributed by atoms with Crippen LogP contribution in [0.25, 0.3) is 0 Å². The Bertz CT molecular complexity index is 324. The molecule has 0 spiro atoms. The van der Waals surface area contributed by atoms with Crippen LogP contribution >= 0.6 is 0 Å². The van der Waals surface area contributed by atoms with Gasteiger partial charge in [0.15, 0.2) is 0 Å². The van der Waals surface area contributed by atoms with Gasteiger partial charge >= 0.3 is 5.97 Å². The Hall–Kier alpha value is -1.10.